The summed E-state index contributed by atoms with van der Waals surface area (Å²) in [6.07, 6.45) is 2.05. The minimum Gasteiger partial charge on any atom is -0.406 e. The first-order valence-corrected chi connectivity index (χ1v) is 21.0. The zero-order valence-corrected chi connectivity index (χ0v) is 35.1. The van der Waals surface area contributed by atoms with Crippen LogP contribution < -0.4 is 25.2 Å². The van der Waals surface area contributed by atoms with Gasteiger partial charge in [0.2, 0.25) is 0 Å². The van der Waals surface area contributed by atoms with Gasteiger partial charge in [-0.1, -0.05) is 54.9 Å². The largest absolute Gasteiger partial charge is 0.573 e. The minimum atomic E-state index is -4.68. The number of hydrogen-bond donors (Lipinski definition) is 2. The van der Waals surface area contributed by atoms with Crippen molar-refractivity contribution in [3.63, 3.8) is 0 Å². The molecular weight excluding hydrogens is 809 g/mol. The Morgan fingerprint density at radius 1 is 0.933 bits per heavy atom. The summed E-state index contributed by atoms with van der Waals surface area (Å²) in [6.45, 7) is 4.90. The number of hydrogen-bond acceptors (Lipinski definition) is 9. The molecule has 10 nitrogen and oxygen atoms in total. The van der Waals surface area contributed by atoms with Crippen LogP contribution in [0.4, 0.5) is 30.4 Å². The molecule has 0 spiro atoms. The van der Waals surface area contributed by atoms with Gasteiger partial charge in [-0.15, -0.1) is 24.5 Å². The van der Waals surface area contributed by atoms with Crippen LogP contribution in [0.3, 0.4) is 0 Å². The van der Waals surface area contributed by atoms with E-state index < -0.39 is 6.36 Å². The monoisotopic (exact) mass is 854 g/mol. The molecule has 2 N–H and O–H groups in total. The fourth-order valence-electron chi connectivity index (χ4n) is 7.26. The van der Waals surface area contributed by atoms with Crippen molar-refractivity contribution in [1.82, 2.24) is 24.7 Å². The SMILES string of the molecule is CCc1nc2ccc(Cl)cn2c1C(=O)NCc1ccc(N2CCC(c3ccc(OC(F)(F)F)cc3)CC2)cc1.CN(C)c1ccc(CCNc2ncnc3ccsc23)cc1. The number of piperidine rings is 1. The number of nitrogens with one attached hydrogen (secondary N) is 2. The number of halogens is 4. The number of pyridine rings is 1. The smallest absolute Gasteiger partial charge is 0.406 e. The van der Waals surface area contributed by atoms with Gasteiger partial charge in [0.1, 0.15) is 29.2 Å². The Kier molecular flexibility index (Phi) is 13.4. The van der Waals surface area contributed by atoms with Gasteiger partial charge >= 0.3 is 6.36 Å². The molecule has 0 saturated carbocycles. The highest BCUT2D eigenvalue weighted by atomic mass is 35.5. The standard InChI is InChI=1S/C29H28ClF3N4O2.C16H18N4S/c1-2-25-27(37-18-22(30)7-12-26(37)35-25)28(38)34-17-19-3-8-23(9-4-19)36-15-13-21(14-16-36)20-5-10-24(11-6-20)39-29(31,32)33;1-20(2)13-5-3-12(4-6-13)7-9-17-16-15-14(8-10-21-15)18-11-19-16/h3-12,18,21H,2,13-17H2,1H3,(H,34,38);3-6,8,10-11H,7,9H2,1-2H3,(H,17,18,19). The van der Waals surface area contributed by atoms with Gasteiger partial charge in [-0.2, -0.15) is 0 Å². The van der Waals surface area contributed by atoms with E-state index in [1.807, 2.05) is 30.5 Å². The second-order valence-corrected chi connectivity index (χ2v) is 16.0. The highest BCUT2D eigenvalue weighted by Crippen LogP contribution is 2.33. The van der Waals surface area contributed by atoms with Crippen LogP contribution in [-0.2, 0) is 19.4 Å². The number of fused-ring (bicyclic) bond motifs is 2. The van der Waals surface area contributed by atoms with Gasteiger partial charge in [-0.3, -0.25) is 9.20 Å². The molecule has 5 heterocycles. The molecule has 1 saturated heterocycles. The molecule has 1 fully saturated rings. The van der Waals surface area contributed by atoms with Crippen LogP contribution in [0.15, 0.2) is 109 Å². The average molecular weight is 855 g/mol. The van der Waals surface area contributed by atoms with Crippen molar-refractivity contribution in [1.29, 1.82) is 0 Å². The fraction of sp³-hybridized carbons (Fsp3) is 0.289. The van der Waals surface area contributed by atoms with Crippen molar-refractivity contribution in [2.24, 2.45) is 0 Å². The quantitative estimate of drug-likeness (QED) is 0.125. The Morgan fingerprint density at radius 2 is 1.65 bits per heavy atom. The number of imidazole rings is 1. The summed E-state index contributed by atoms with van der Waals surface area (Å²) in [7, 11) is 4.11. The number of amides is 1. The molecule has 0 unspecified atom stereocenters. The van der Waals surface area contributed by atoms with E-state index in [9.17, 15) is 18.0 Å². The normalized spacial score (nSPS) is 13.2. The zero-order chi connectivity index (χ0) is 42.2. The summed E-state index contributed by atoms with van der Waals surface area (Å²) < 4.78 is 44.0. The zero-order valence-electron chi connectivity index (χ0n) is 33.5. The van der Waals surface area contributed by atoms with E-state index in [0.717, 1.165) is 77.4 Å². The van der Waals surface area contributed by atoms with Crippen LogP contribution in [0.2, 0.25) is 5.02 Å². The molecule has 3 aromatic carbocycles. The first-order valence-electron chi connectivity index (χ1n) is 19.8. The second-order valence-electron chi connectivity index (χ2n) is 14.7. The average Bonchev–Trinajstić information content (AvgIpc) is 3.89. The molecule has 1 amide bonds. The van der Waals surface area contributed by atoms with Gasteiger partial charge < -0.3 is 25.2 Å². The Bertz CT molecular complexity index is 2500. The highest BCUT2D eigenvalue weighted by Gasteiger charge is 2.31. The lowest BCUT2D eigenvalue weighted by Crippen LogP contribution is -2.32. The van der Waals surface area contributed by atoms with Crippen LogP contribution in [-0.4, -0.2) is 65.4 Å². The summed E-state index contributed by atoms with van der Waals surface area (Å²) in [6, 6.07) is 28.5. The van der Waals surface area contributed by atoms with Gasteiger partial charge in [0.25, 0.3) is 5.91 Å². The first-order chi connectivity index (χ1) is 28.9. The molecule has 1 aliphatic heterocycles. The number of anilines is 3. The topological polar surface area (TPSA) is 99.9 Å². The lowest BCUT2D eigenvalue weighted by molar-refractivity contribution is -0.274. The minimum absolute atomic E-state index is 0.200. The van der Waals surface area contributed by atoms with E-state index in [2.05, 4.69) is 90.6 Å². The van der Waals surface area contributed by atoms with E-state index in [-0.39, 0.29) is 17.6 Å². The molecule has 60 heavy (non-hydrogen) atoms. The second kappa shape index (κ2) is 19.0. The summed E-state index contributed by atoms with van der Waals surface area (Å²) in [5.41, 5.74) is 8.56. The van der Waals surface area contributed by atoms with Crippen molar-refractivity contribution in [2.75, 3.05) is 48.8 Å². The molecule has 312 valence electrons. The van der Waals surface area contributed by atoms with Crippen molar-refractivity contribution in [3.05, 3.63) is 142 Å². The first kappa shape index (κ1) is 42.3. The van der Waals surface area contributed by atoms with Crippen molar-refractivity contribution in [2.45, 2.75) is 51.4 Å². The fourth-order valence-corrected chi connectivity index (χ4v) is 8.23. The van der Waals surface area contributed by atoms with Crippen LogP contribution in [0.25, 0.3) is 15.9 Å². The number of aryl methyl sites for hydroxylation is 1. The van der Waals surface area contributed by atoms with Crippen LogP contribution in [0.1, 0.15) is 58.6 Å². The Labute approximate surface area is 356 Å². The number of nitrogens with zero attached hydrogens (tertiary/aromatic N) is 6. The molecule has 1 aliphatic rings. The maximum atomic E-state index is 13.0. The van der Waals surface area contributed by atoms with Gasteiger partial charge in [0.05, 0.1) is 20.9 Å². The molecule has 8 rings (SSSR count). The summed E-state index contributed by atoms with van der Waals surface area (Å²) in [4.78, 5) is 30.6. The predicted octanol–water partition coefficient (Wildman–Crippen LogP) is 10.2. The van der Waals surface area contributed by atoms with E-state index in [1.165, 1.54) is 23.4 Å². The summed E-state index contributed by atoms with van der Waals surface area (Å²) in [5.74, 6) is 0.817. The van der Waals surface area contributed by atoms with Crippen LogP contribution in [0.5, 0.6) is 5.75 Å². The van der Waals surface area contributed by atoms with Gasteiger partial charge in [0.15, 0.2) is 0 Å². The Hall–Kier alpha value is -5.86. The highest BCUT2D eigenvalue weighted by molar-refractivity contribution is 7.17. The molecule has 0 radical (unpaired) electrons. The maximum Gasteiger partial charge on any atom is 0.573 e. The Balaban J connectivity index is 0.000000218. The van der Waals surface area contributed by atoms with Crippen molar-refractivity contribution >= 4 is 61.9 Å². The molecule has 7 aromatic rings. The van der Waals surface area contributed by atoms with Crippen molar-refractivity contribution < 1.29 is 22.7 Å². The van der Waals surface area contributed by atoms with Crippen molar-refractivity contribution in [3.8, 4) is 5.75 Å². The Morgan fingerprint density at radius 3 is 2.33 bits per heavy atom. The number of benzene rings is 3. The number of aromatic nitrogens is 4. The van der Waals surface area contributed by atoms with E-state index >= 15 is 0 Å². The number of thiophene rings is 1. The number of carbonyl (C=O) groups excluding carboxylic acids is 1. The third-order valence-corrected chi connectivity index (χ3v) is 11.6. The number of ether oxygens (including phenoxy) is 1. The molecule has 0 aliphatic carbocycles. The van der Waals surface area contributed by atoms with Gasteiger partial charge in [-0.05, 0) is 108 Å². The van der Waals surface area contributed by atoms with Crippen LogP contribution in [0, 0.1) is 0 Å². The third kappa shape index (κ3) is 10.7. The van der Waals surface area contributed by atoms with Crippen LogP contribution >= 0.6 is 22.9 Å². The molecule has 4 aromatic heterocycles. The lowest BCUT2D eigenvalue weighted by Gasteiger charge is -2.34. The number of alkyl halides is 3. The summed E-state index contributed by atoms with van der Waals surface area (Å²) in [5, 5.41) is 8.99. The molecular formula is C45H46ClF3N8O2S. The van der Waals surface area contributed by atoms with Gasteiger partial charge in [0, 0.05) is 57.8 Å². The van der Waals surface area contributed by atoms with E-state index in [1.54, 1.807) is 52.5 Å². The molecule has 0 bridgehead atoms. The summed E-state index contributed by atoms with van der Waals surface area (Å²) >= 11 is 7.81. The lowest BCUT2D eigenvalue weighted by atomic mass is 9.89. The van der Waals surface area contributed by atoms with E-state index in [0.29, 0.717) is 29.3 Å². The molecule has 0 atom stereocenters. The number of carbonyl (C=O) groups is 1. The number of rotatable bonds is 12. The predicted molar refractivity (Wildman–Crippen MR) is 235 cm³/mol. The molecule has 15 heteroatoms. The van der Waals surface area contributed by atoms with Gasteiger partial charge in [-0.25, -0.2) is 15.0 Å². The maximum absolute atomic E-state index is 13.0. The van der Waals surface area contributed by atoms with E-state index in [4.69, 9.17) is 11.6 Å². The third-order valence-electron chi connectivity index (χ3n) is 10.4.